The Labute approximate surface area is 180 Å². The molecule has 0 aliphatic carbocycles. The maximum atomic E-state index is 13.4. The molecule has 4 N–H and O–H groups in total. The van der Waals surface area contributed by atoms with Crippen molar-refractivity contribution in [2.24, 2.45) is 0 Å². The van der Waals surface area contributed by atoms with Crippen molar-refractivity contribution in [3.8, 4) is 11.5 Å². The van der Waals surface area contributed by atoms with Gasteiger partial charge in [0.2, 0.25) is 5.95 Å². The quantitative estimate of drug-likeness (QED) is 0.337. The Morgan fingerprint density at radius 3 is 2.52 bits per heavy atom. The molecule has 1 heterocycles. The van der Waals surface area contributed by atoms with Crippen LogP contribution in [0.4, 0.5) is 11.6 Å². The standard InChI is InChI=1S/C21H23N5O4S/c1-2-3-10-23-17-13-15(20(27)28)14-18(19(17)30-16-8-5-4-6-9-16)31(22,29)26-21-24-11-7-12-25-21/h4-9,11-14,23H,2-3,10H2,1H3,(H,27,28)(H2,22,24,25,26,29). The minimum Gasteiger partial charge on any atom is -0.478 e. The lowest BCUT2D eigenvalue weighted by Crippen LogP contribution is -2.16. The number of para-hydroxylation sites is 1. The van der Waals surface area contributed by atoms with Crippen molar-refractivity contribution in [1.29, 1.82) is 4.78 Å². The van der Waals surface area contributed by atoms with Gasteiger partial charge in [0, 0.05) is 18.9 Å². The van der Waals surface area contributed by atoms with Crippen LogP contribution in [0, 0.1) is 4.78 Å². The second-order valence-corrected chi connectivity index (χ2v) is 8.34. The van der Waals surface area contributed by atoms with Crippen LogP contribution in [-0.2, 0) is 9.92 Å². The summed E-state index contributed by atoms with van der Waals surface area (Å²) in [5.74, 6) is -0.668. The van der Waals surface area contributed by atoms with Crippen molar-refractivity contribution >= 4 is 27.5 Å². The number of carbonyl (C=O) groups is 1. The number of carboxylic acids is 1. The van der Waals surface area contributed by atoms with Crippen molar-refractivity contribution in [3.05, 3.63) is 66.5 Å². The molecule has 0 saturated heterocycles. The summed E-state index contributed by atoms with van der Waals surface area (Å²) < 4.78 is 30.4. The molecule has 9 nitrogen and oxygen atoms in total. The third-order valence-electron chi connectivity index (χ3n) is 4.22. The van der Waals surface area contributed by atoms with Crippen LogP contribution in [0.25, 0.3) is 0 Å². The van der Waals surface area contributed by atoms with Crippen LogP contribution in [0.3, 0.4) is 0 Å². The second-order valence-electron chi connectivity index (χ2n) is 6.58. The molecular formula is C21H23N5O4S. The van der Waals surface area contributed by atoms with Gasteiger partial charge < -0.3 is 15.2 Å². The zero-order valence-electron chi connectivity index (χ0n) is 16.9. The molecule has 3 aromatic rings. The number of unbranched alkanes of at least 4 members (excludes halogenated alkanes) is 1. The molecule has 1 aromatic heterocycles. The number of benzene rings is 2. The maximum absolute atomic E-state index is 13.4. The van der Waals surface area contributed by atoms with E-state index in [0.717, 1.165) is 12.8 Å². The molecular weight excluding hydrogens is 418 g/mol. The first-order valence-electron chi connectivity index (χ1n) is 9.62. The highest BCUT2D eigenvalue weighted by Crippen LogP contribution is 2.38. The molecule has 3 rings (SSSR count). The van der Waals surface area contributed by atoms with E-state index >= 15 is 0 Å². The highest BCUT2D eigenvalue weighted by Gasteiger charge is 2.24. The second kappa shape index (κ2) is 9.90. The topological polar surface area (TPSA) is 137 Å². The molecule has 1 unspecified atom stereocenters. The van der Waals surface area contributed by atoms with Gasteiger partial charge in [-0.25, -0.2) is 23.8 Å². The molecule has 0 fully saturated rings. The lowest BCUT2D eigenvalue weighted by atomic mass is 10.1. The predicted octanol–water partition coefficient (Wildman–Crippen LogP) is 4.61. The third-order valence-corrected chi connectivity index (χ3v) is 5.61. The summed E-state index contributed by atoms with van der Waals surface area (Å²) in [6.07, 6.45) is 4.65. The molecule has 0 aliphatic heterocycles. The van der Waals surface area contributed by atoms with Crippen LogP contribution in [0.2, 0.25) is 0 Å². The first-order valence-corrected chi connectivity index (χ1v) is 11.2. The highest BCUT2D eigenvalue weighted by molar-refractivity contribution is 7.93. The van der Waals surface area contributed by atoms with Gasteiger partial charge in [0.25, 0.3) is 0 Å². The Balaban J connectivity index is 2.14. The van der Waals surface area contributed by atoms with E-state index < -0.39 is 15.9 Å². The van der Waals surface area contributed by atoms with Crippen molar-refractivity contribution < 1.29 is 18.8 Å². The molecule has 0 saturated carbocycles. The van der Waals surface area contributed by atoms with Gasteiger partial charge in [-0.15, -0.1) is 0 Å². The maximum Gasteiger partial charge on any atom is 0.335 e. The van der Waals surface area contributed by atoms with E-state index in [1.54, 1.807) is 30.3 Å². The fraction of sp³-hybridized carbons (Fsp3) is 0.190. The van der Waals surface area contributed by atoms with E-state index in [0.29, 0.717) is 18.0 Å². The molecule has 0 amide bonds. The van der Waals surface area contributed by atoms with Crippen LogP contribution >= 0.6 is 0 Å². The summed E-state index contributed by atoms with van der Waals surface area (Å²) in [5.41, 5.74) is 0.216. The third kappa shape index (κ3) is 5.70. The molecule has 31 heavy (non-hydrogen) atoms. The lowest BCUT2D eigenvalue weighted by molar-refractivity contribution is 0.0696. The summed E-state index contributed by atoms with van der Waals surface area (Å²) >= 11 is 0. The van der Waals surface area contributed by atoms with Gasteiger partial charge >= 0.3 is 5.97 Å². The SMILES string of the molecule is CCCCNc1cc(C(=O)O)cc(S(=N)(=O)Nc2ncccn2)c1Oc1ccccc1. The molecule has 0 aliphatic rings. The van der Waals surface area contributed by atoms with Crippen LogP contribution < -0.4 is 14.8 Å². The number of carboxylic acid groups (broad SMARTS) is 1. The van der Waals surface area contributed by atoms with E-state index in [-0.39, 0.29) is 22.2 Å². The Morgan fingerprint density at radius 2 is 1.87 bits per heavy atom. The number of hydrogen-bond donors (Lipinski definition) is 4. The van der Waals surface area contributed by atoms with Crippen LogP contribution in [0.5, 0.6) is 11.5 Å². The first kappa shape index (κ1) is 22.0. The normalized spacial score (nSPS) is 12.5. The van der Waals surface area contributed by atoms with E-state index in [4.69, 9.17) is 9.52 Å². The number of aromatic nitrogens is 2. The summed E-state index contributed by atoms with van der Waals surface area (Å²) in [6, 6.07) is 13.0. The van der Waals surface area contributed by atoms with Gasteiger partial charge in [-0.05, 0) is 36.8 Å². The highest BCUT2D eigenvalue weighted by atomic mass is 32.2. The van der Waals surface area contributed by atoms with Crippen LogP contribution in [0.15, 0.2) is 65.8 Å². The molecule has 0 bridgehead atoms. The summed E-state index contributed by atoms with van der Waals surface area (Å²) in [4.78, 5) is 19.5. The zero-order chi connectivity index (χ0) is 22.3. The largest absolute Gasteiger partial charge is 0.478 e. The smallest absolute Gasteiger partial charge is 0.335 e. The van der Waals surface area contributed by atoms with Gasteiger partial charge in [-0.2, -0.15) is 0 Å². The predicted molar refractivity (Wildman–Crippen MR) is 118 cm³/mol. The van der Waals surface area contributed by atoms with Crippen molar-refractivity contribution in [3.63, 3.8) is 0 Å². The zero-order valence-corrected chi connectivity index (χ0v) is 17.7. The Kier molecular flexibility index (Phi) is 7.03. The van der Waals surface area contributed by atoms with Gasteiger partial charge in [-0.3, -0.25) is 4.72 Å². The minimum atomic E-state index is -3.78. The minimum absolute atomic E-state index is 0.0191. The number of rotatable bonds is 10. The van der Waals surface area contributed by atoms with Crippen molar-refractivity contribution in [2.75, 3.05) is 16.6 Å². The van der Waals surface area contributed by atoms with Gasteiger partial charge in [-0.1, -0.05) is 31.5 Å². The lowest BCUT2D eigenvalue weighted by Gasteiger charge is -2.19. The van der Waals surface area contributed by atoms with Gasteiger partial charge in [0.05, 0.1) is 11.3 Å². The Morgan fingerprint density at radius 1 is 1.16 bits per heavy atom. The number of nitrogens with one attached hydrogen (secondary N) is 3. The van der Waals surface area contributed by atoms with Crippen molar-refractivity contribution in [1.82, 2.24) is 9.97 Å². The first-order chi connectivity index (χ1) is 14.9. The van der Waals surface area contributed by atoms with E-state index in [1.165, 1.54) is 24.5 Å². The molecule has 0 spiro atoms. The summed E-state index contributed by atoms with van der Waals surface area (Å²) in [5, 5.41) is 12.7. The Hall–Kier alpha value is -3.66. The molecule has 1 atom stereocenters. The number of nitrogens with zero attached hydrogens (tertiary/aromatic N) is 2. The number of anilines is 2. The number of aromatic carboxylic acids is 1. The average molecular weight is 442 g/mol. The fourth-order valence-electron chi connectivity index (χ4n) is 2.72. The number of hydrogen-bond acceptors (Lipinski definition) is 7. The van der Waals surface area contributed by atoms with E-state index in [9.17, 15) is 14.1 Å². The van der Waals surface area contributed by atoms with Crippen molar-refractivity contribution in [2.45, 2.75) is 24.7 Å². The molecule has 2 aromatic carbocycles. The summed E-state index contributed by atoms with van der Waals surface area (Å²) in [6.45, 7) is 2.58. The van der Waals surface area contributed by atoms with Gasteiger partial charge in [0.15, 0.2) is 15.7 Å². The fourth-order valence-corrected chi connectivity index (χ4v) is 3.90. The average Bonchev–Trinajstić information content (AvgIpc) is 2.75. The number of ether oxygens (including phenoxy) is 1. The van der Waals surface area contributed by atoms with E-state index in [2.05, 4.69) is 20.0 Å². The summed E-state index contributed by atoms with van der Waals surface area (Å²) in [7, 11) is -3.78. The van der Waals surface area contributed by atoms with Crippen LogP contribution in [0.1, 0.15) is 30.1 Å². The van der Waals surface area contributed by atoms with Gasteiger partial charge in [0.1, 0.15) is 10.6 Å². The molecule has 162 valence electrons. The van der Waals surface area contributed by atoms with Crippen LogP contribution in [-0.4, -0.2) is 31.8 Å². The molecule has 10 heteroatoms. The Bertz CT molecular complexity index is 1140. The van der Waals surface area contributed by atoms with E-state index in [1.807, 2.05) is 13.0 Å². The molecule has 0 radical (unpaired) electrons. The monoisotopic (exact) mass is 441 g/mol.